The van der Waals surface area contributed by atoms with Crippen LogP contribution in [-0.4, -0.2) is 40.2 Å². The molecule has 2 aliphatic rings. The van der Waals surface area contributed by atoms with E-state index in [1.165, 1.54) is 11.1 Å². The lowest BCUT2D eigenvalue weighted by Crippen LogP contribution is -2.27. The highest BCUT2D eigenvalue weighted by atomic mass is 16.4. The van der Waals surface area contributed by atoms with Crippen LogP contribution in [0.15, 0.2) is 36.4 Å². The fourth-order valence-corrected chi connectivity index (χ4v) is 1.78. The quantitative estimate of drug-likeness (QED) is 0.629. The molecule has 0 unspecified atom stereocenters. The van der Waals surface area contributed by atoms with Gasteiger partial charge in [0.25, 0.3) is 0 Å². The third-order valence-electron chi connectivity index (χ3n) is 3.15. The van der Waals surface area contributed by atoms with Crippen LogP contribution in [0.2, 0.25) is 0 Å². The van der Waals surface area contributed by atoms with E-state index in [4.69, 9.17) is 16.6 Å². The number of nitrogens with zero attached hydrogens (tertiary/aromatic N) is 1. The second-order valence-corrected chi connectivity index (χ2v) is 5.20. The van der Waals surface area contributed by atoms with Crippen LogP contribution in [-0.2, 0) is 9.59 Å². The van der Waals surface area contributed by atoms with Crippen LogP contribution in [0.5, 0.6) is 0 Å². The summed E-state index contributed by atoms with van der Waals surface area (Å²) < 4.78 is 0. The van der Waals surface area contributed by atoms with Crippen molar-refractivity contribution in [3.63, 3.8) is 0 Å². The summed E-state index contributed by atoms with van der Waals surface area (Å²) in [5, 5.41) is 18.1. The van der Waals surface area contributed by atoms with Gasteiger partial charge in [-0.15, -0.1) is 6.42 Å². The summed E-state index contributed by atoms with van der Waals surface area (Å²) in [5.74, 6) is 0.442. The molecule has 0 atom stereocenters. The highest BCUT2D eigenvalue weighted by Crippen LogP contribution is 2.29. The van der Waals surface area contributed by atoms with E-state index in [9.17, 15) is 9.59 Å². The topological polar surface area (TPSA) is 99.5 Å². The fraction of sp³-hybridized carbons (Fsp3) is 0.211. The molecule has 0 fully saturated rings. The molecule has 0 aromatic carbocycles. The van der Waals surface area contributed by atoms with Crippen molar-refractivity contribution < 1.29 is 19.8 Å². The summed E-state index contributed by atoms with van der Waals surface area (Å²) >= 11 is 0. The van der Waals surface area contributed by atoms with Gasteiger partial charge in [-0.3, -0.25) is 19.9 Å². The Hall–Kier alpha value is -3.17. The maximum atomic E-state index is 9.73. The first-order chi connectivity index (χ1) is 11.8. The van der Waals surface area contributed by atoms with Gasteiger partial charge in [-0.2, -0.15) is 0 Å². The van der Waals surface area contributed by atoms with Gasteiger partial charge in [0.15, 0.2) is 0 Å². The summed E-state index contributed by atoms with van der Waals surface area (Å²) in [6, 6.07) is 12.3. The maximum Gasteiger partial charge on any atom is 0.317 e. The summed E-state index contributed by atoms with van der Waals surface area (Å²) in [4.78, 5) is 23.7. The first kappa shape index (κ1) is 19.9. The third-order valence-corrected chi connectivity index (χ3v) is 3.15. The number of carboxylic acid groups (broad SMARTS) is 2. The summed E-state index contributed by atoms with van der Waals surface area (Å²) in [5.41, 5.74) is 5.68. The molecule has 6 nitrogen and oxygen atoms in total. The Kier molecular flexibility index (Phi) is 7.83. The number of rotatable bonds is 4. The number of hydrogen-bond donors (Lipinski definition) is 3. The Labute approximate surface area is 146 Å². The van der Waals surface area contributed by atoms with E-state index in [1.54, 1.807) is 0 Å². The molecule has 1 aromatic rings. The van der Waals surface area contributed by atoms with Gasteiger partial charge in [0.05, 0.1) is 18.8 Å². The normalized spacial score (nSPS) is 9.48. The maximum absolute atomic E-state index is 9.73. The van der Waals surface area contributed by atoms with Crippen molar-refractivity contribution in [2.75, 3.05) is 13.1 Å². The average molecular weight is 340 g/mol. The summed E-state index contributed by atoms with van der Waals surface area (Å²) in [6.07, 6.45) is 5.21. The van der Waals surface area contributed by atoms with Crippen LogP contribution < -0.4 is 5.32 Å². The number of carboxylic acids is 2. The Morgan fingerprint density at radius 3 is 1.76 bits per heavy atom. The molecule has 6 heteroatoms. The minimum Gasteiger partial charge on any atom is -0.480 e. The molecule has 0 amide bonds. The first-order valence-electron chi connectivity index (χ1n) is 7.49. The first-order valence-corrected chi connectivity index (χ1v) is 7.49. The standard InChI is InChI=1S/C9H9N.C6H4.C4H7NO4/c1-4-9-6-5-7(2)10-8(9)3;1-2-6-4-3-5(1)6;6-3(7)1-5-2-4(8)9/h1,5-6H,2-3H3;1-4H;5H,1-2H2,(H,6,7)(H,8,9). The van der Waals surface area contributed by atoms with Crippen LogP contribution in [0.25, 0.3) is 11.1 Å². The lowest BCUT2D eigenvalue weighted by atomic mass is 9.95. The lowest BCUT2D eigenvalue weighted by molar-refractivity contribution is -0.137. The largest absolute Gasteiger partial charge is 0.480 e. The third kappa shape index (κ3) is 7.29. The Bertz CT molecular complexity index is 742. The summed E-state index contributed by atoms with van der Waals surface area (Å²) in [7, 11) is 0. The van der Waals surface area contributed by atoms with E-state index in [-0.39, 0.29) is 13.1 Å². The smallest absolute Gasteiger partial charge is 0.317 e. The second kappa shape index (κ2) is 9.85. The van der Waals surface area contributed by atoms with Gasteiger partial charge >= 0.3 is 11.9 Å². The van der Waals surface area contributed by atoms with Crippen molar-refractivity contribution in [3.05, 3.63) is 53.3 Å². The second-order valence-electron chi connectivity index (χ2n) is 5.20. The van der Waals surface area contributed by atoms with E-state index in [0.29, 0.717) is 0 Å². The lowest BCUT2D eigenvalue weighted by Gasteiger charge is -2.10. The number of benzene rings is 1. The minimum absolute atomic E-state index is 0.313. The molecule has 3 rings (SSSR count). The number of nitrogens with one attached hydrogen (secondary N) is 1. The van der Waals surface area contributed by atoms with Gasteiger partial charge < -0.3 is 10.2 Å². The van der Waals surface area contributed by atoms with Crippen molar-refractivity contribution in [1.29, 1.82) is 0 Å². The van der Waals surface area contributed by atoms with Gasteiger partial charge in [0.2, 0.25) is 0 Å². The summed E-state index contributed by atoms with van der Waals surface area (Å²) in [6.45, 7) is 3.24. The number of terminal acetylenes is 1. The predicted molar refractivity (Wildman–Crippen MR) is 95.2 cm³/mol. The number of hydrogen-bond acceptors (Lipinski definition) is 4. The van der Waals surface area contributed by atoms with Gasteiger partial charge in [0.1, 0.15) is 0 Å². The monoisotopic (exact) mass is 340 g/mol. The van der Waals surface area contributed by atoms with Crippen LogP contribution in [0, 0.1) is 26.2 Å². The van der Waals surface area contributed by atoms with Crippen LogP contribution in [0.4, 0.5) is 0 Å². The van der Waals surface area contributed by atoms with E-state index in [1.807, 2.05) is 26.0 Å². The SMILES string of the molecule is C#Cc1ccc(C)nc1C.O=C(O)CNCC(=O)O.c1cc2ccc1-2. The average Bonchev–Trinajstić information content (AvgIpc) is 2.51. The van der Waals surface area contributed by atoms with Gasteiger partial charge in [-0.05, 0) is 37.1 Å². The molecule has 25 heavy (non-hydrogen) atoms. The van der Waals surface area contributed by atoms with Crippen LogP contribution in [0.3, 0.4) is 0 Å². The molecular formula is C19H20N2O4. The minimum atomic E-state index is -1.06. The van der Waals surface area contributed by atoms with Crippen LogP contribution in [0.1, 0.15) is 17.0 Å². The van der Waals surface area contributed by atoms with Gasteiger partial charge in [-0.1, -0.05) is 30.2 Å². The van der Waals surface area contributed by atoms with Crippen molar-refractivity contribution >= 4 is 11.9 Å². The highest BCUT2D eigenvalue weighted by Gasteiger charge is 2.04. The van der Waals surface area contributed by atoms with Crippen molar-refractivity contribution in [3.8, 4) is 23.5 Å². The van der Waals surface area contributed by atoms with Crippen molar-refractivity contribution in [1.82, 2.24) is 10.3 Å². The van der Waals surface area contributed by atoms with E-state index in [0.717, 1.165) is 17.0 Å². The number of aliphatic carboxylic acids is 2. The zero-order valence-electron chi connectivity index (χ0n) is 14.1. The molecule has 0 saturated carbocycles. The zero-order chi connectivity index (χ0) is 18.8. The molecular weight excluding hydrogens is 320 g/mol. The van der Waals surface area contributed by atoms with Crippen LogP contribution >= 0.6 is 0 Å². The molecule has 1 aromatic heterocycles. The Morgan fingerprint density at radius 1 is 1.00 bits per heavy atom. The Morgan fingerprint density at radius 2 is 1.48 bits per heavy atom. The predicted octanol–water partition coefficient (Wildman–Crippen LogP) is 2.09. The molecule has 2 aliphatic carbocycles. The zero-order valence-corrected chi connectivity index (χ0v) is 14.1. The molecule has 0 aliphatic heterocycles. The molecule has 0 bridgehead atoms. The Balaban J connectivity index is 0.000000192. The van der Waals surface area contributed by atoms with E-state index in [2.05, 4.69) is 40.5 Å². The molecule has 0 spiro atoms. The number of fused-ring (bicyclic) bond motifs is 1. The highest BCUT2D eigenvalue weighted by molar-refractivity contribution is 5.75. The molecule has 130 valence electrons. The molecule has 0 radical (unpaired) electrons. The van der Waals surface area contributed by atoms with E-state index < -0.39 is 11.9 Å². The molecule has 3 N–H and O–H groups in total. The van der Waals surface area contributed by atoms with Crippen molar-refractivity contribution in [2.24, 2.45) is 0 Å². The number of aromatic nitrogens is 1. The number of aryl methyl sites for hydroxylation is 2. The molecule has 0 saturated heterocycles. The fourth-order valence-electron chi connectivity index (χ4n) is 1.78. The van der Waals surface area contributed by atoms with Gasteiger partial charge in [0, 0.05) is 11.3 Å². The molecule has 1 heterocycles. The number of carbonyl (C=O) groups is 2. The van der Waals surface area contributed by atoms with Crippen molar-refractivity contribution in [2.45, 2.75) is 13.8 Å². The van der Waals surface area contributed by atoms with Gasteiger partial charge in [-0.25, -0.2) is 0 Å². The number of pyridine rings is 1. The van der Waals surface area contributed by atoms with E-state index >= 15 is 0 Å².